The zero-order valence-electron chi connectivity index (χ0n) is 13.7. The number of carbonyl (C=O) groups excluding carboxylic acids is 1. The van der Waals surface area contributed by atoms with Gasteiger partial charge < -0.3 is 10.6 Å². The molecule has 2 N–H and O–H groups in total. The molecule has 0 radical (unpaired) electrons. The Bertz CT molecular complexity index is 959. The number of rotatable bonds is 4. The van der Waals surface area contributed by atoms with Crippen LogP contribution in [0.1, 0.15) is 15.9 Å². The zero-order valence-corrected chi connectivity index (χ0v) is 14.5. The van der Waals surface area contributed by atoms with Crippen LogP contribution in [0.5, 0.6) is 0 Å². The first-order chi connectivity index (χ1) is 12.8. The average molecular weight is 392 g/mol. The van der Waals surface area contributed by atoms with Gasteiger partial charge in [-0.1, -0.05) is 29.8 Å². The highest BCUT2D eigenvalue weighted by Crippen LogP contribution is 2.35. The largest absolute Gasteiger partial charge is 0.418 e. The smallest absolute Gasteiger partial charge is 0.340 e. The molecule has 1 aromatic heterocycles. The average Bonchev–Trinajstić information content (AvgIpc) is 2.63. The predicted molar refractivity (Wildman–Crippen MR) is 98.4 cm³/mol. The summed E-state index contributed by atoms with van der Waals surface area (Å²) in [4.78, 5) is 16.2. The number of para-hydroxylation sites is 1. The van der Waals surface area contributed by atoms with Crippen LogP contribution in [0.2, 0.25) is 5.02 Å². The lowest BCUT2D eigenvalue weighted by atomic mass is 10.1. The summed E-state index contributed by atoms with van der Waals surface area (Å²) in [6, 6.07) is 14.6. The SMILES string of the molecule is O=C(Nc1ccc(Nc2ccccc2C(F)(F)F)nc1)c1cccc(Cl)c1. The number of hydrogen-bond acceptors (Lipinski definition) is 3. The summed E-state index contributed by atoms with van der Waals surface area (Å²) >= 11 is 5.85. The highest BCUT2D eigenvalue weighted by Gasteiger charge is 2.33. The summed E-state index contributed by atoms with van der Waals surface area (Å²) in [7, 11) is 0. The summed E-state index contributed by atoms with van der Waals surface area (Å²) in [5, 5.41) is 5.72. The lowest BCUT2D eigenvalue weighted by molar-refractivity contribution is -0.136. The van der Waals surface area contributed by atoms with Crippen LogP contribution in [-0.2, 0) is 6.18 Å². The topological polar surface area (TPSA) is 54.0 Å². The van der Waals surface area contributed by atoms with Crippen molar-refractivity contribution in [1.82, 2.24) is 4.98 Å². The number of halogens is 4. The minimum atomic E-state index is -4.48. The molecule has 1 heterocycles. The summed E-state index contributed by atoms with van der Waals surface area (Å²) in [6.45, 7) is 0. The van der Waals surface area contributed by atoms with Crippen LogP contribution in [0.25, 0.3) is 0 Å². The van der Waals surface area contributed by atoms with E-state index in [1.54, 1.807) is 18.2 Å². The molecule has 0 atom stereocenters. The second kappa shape index (κ2) is 7.67. The third-order valence-corrected chi connectivity index (χ3v) is 3.84. The van der Waals surface area contributed by atoms with Crippen molar-refractivity contribution < 1.29 is 18.0 Å². The molecule has 138 valence electrons. The molecule has 0 bridgehead atoms. The van der Waals surface area contributed by atoms with Gasteiger partial charge in [0.05, 0.1) is 23.1 Å². The molecule has 4 nitrogen and oxygen atoms in total. The van der Waals surface area contributed by atoms with Gasteiger partial charge in [-0.25, -0.2) is 4.98 Å². The Kier molecular flexibility index (Phi) is 5.32. The van der Waals surface area contributed by atoms with Crippen molar-refractivity contribution in [2.75, 3.05) is 10.6 Å². The molecule has 0 aliphatic heterocycles. The second-order valence-electron chi connectivity index (χ2n) is 5.56. The molecule has 3 rings (SSSR count). The van der Waals surface area contributed by atoms with E-state index in [1.165, 1.54) is 42.6 Å². The van der Waals surface area contributed by atoms with Gasteiger partial charge in [0.1, 0.15) is 5.82 Å². The van der Waals surface area contributed by atoms with Gasteiger partial charge in [0.2, 0.25) is 0 Å². The number of benzene rings is 2. The Morgan fingerprint density at radius 2 is 1.78 bits per heavy atom. The molecule has 8 heteroatoms. The van der Waals surface area contributed by atoms with Crippen LogP contribution >= 0.6 is 11.6 Å². The quantitative estimate of drug-likeness (QED) is 0.595. The standard InChI is InChI=1S/C19H13ClF3N3O/c20-13-5-3-4-12(10-13)18(27)25-14-8-9-17(24-11-14)26-16-7-2-1-6-15(16)19(21,22)23/h1-11H,(H,24,26)(H,25,27). The Morgan fingerprint density at radius 3 is 2.44 bits per heavy atom. The number of amides is 1. The molecule has 0 aliphatic carbocycles. The van der Waals surface area contributed by atoms with Gasteiger partial charge in [0.25, 0.3) is 5.91 Å². The third kappa shape index (κ3) is 4.77. The highest BCUT2D eigenvalue weighted by atomic mass is 35.5. The Hall–Kier alpha value is -3.06. The summed E-state index contributed by atoms with van der Waals surface area (Å²) in [5.74, 6) is -0.158. The number of anilines is 3. The van der Waals surface area contributed by atoms with Gasteiger partial charge >= 0.3 is 6.18 Å². The highest BCUT2D eigenvalue weighted by molar-refractivity contribution is 6.31. The fraction of sp³-hybridized carbons (Fsp3) is 0.0526. The summed E-state index contributed by atoms with van der Waals surface area (Å²) < 4.78 is 39.1. The van der Waals surface area contributed by atoms with Gasteiger partial charge in [0.15, 0.2) is 0 Å². The predicted octanol–water partition coefficient (Wildman–Crippen LogP) is 5.75. The zero-order chi connectivity index (χ0) is 19.4. The number of alkyl halides is 3. The van der Waals surface area contributed by atoms with Crippen LogP contribution in [0.3, 0.4) is 0 Å². The van der Waals surface area contributed by atoms with Crippen molar-refractivity contribution in [1.29, 1.82) is 0 Å². The number of nitrogens with one attached hydrogen (secondary N) is 2. The second-order valence-corrected chi connectivity index (χ2v) is 6.00. The Balaban J connectivity index is 1.72. The van der Waals surface area contributed by atoms with Crippen molar-refractivity contribution in [2.45, 2.75) is 6.18 Å². The molecule has 27 heavy (non-hydrogen) atoms. The first-order valence-electron chi connectivity index (χ1n) is 7.79. The number of hydrogen-bond donors (Lipinski definition) is 2. The lowest BCUT2D eigenvalue weighted by Crippen LogP contribution is -2.12. The Labute approximate surface area is 158 Å². The maximum Gasteiger partial charge on any atom is 0.418 e. The number of pyridine rings is 1. The van der Waals surface area contributed by atoms with E-state index in [0.717, 1.165) is 6.07 Å². The van der Waals surface area contributed by atoms with Crippen molar-refractivity contribution in [3.8, 4) is 0 Å². The van der Waals surface area contributed by atoms with Crippen LogP contribution in [-0.4, -0.2) is 10.9 Å². The van der Waals surface area contributed by atoms with E-state index in [1.807, 2.05) is 0 Å². The molecule has 0 saturated carbocycles. The van der Waals surface area contributed by atoms with E-state index in [0.29, 0.717) is 16.3 Å². The van der Waals surface area contributed by atoms with E-state index >= 15 is 0 Å². The first kappa shape index (κ1) is 18.7. The fourth-order valence-electron chi connectivity index (χ4n) is 2.35. The van der Waals surface area contributed by atoms with Gasteiger partial charge in [-0.2, -0.15) is 13.2 Å². The summed E-state index contributed by atoms with van der Waals surface area (Å²) in [6.07, 6.45) is -3.13. The molecular formula is C19H13ClF3N3O. The maximum atomic E-state index is 13.0. The van der Waals surface area contributed by atoms with Gasteiger partial charge in [-0.15, -0.1) is 0 Å². The monoisotopic (exact) mass is 391 g/mol. The molecule has 0 unspecified atom stereocenters. The fourth-order valence-corrected chi connectivity index (χ4v) is 2.54. The van der Waals surface area contributed by atoms with Crippen LogP contribution < -0.4 is 10.6 Å². The molecule has 3 aromatic rings. The minimum absolute atomic E-state index is 0.104. The Morgan fingerprint density at radius 1 is 1.00 bits per heavy atom. The van der Waals surface area contributed by atoms with E-state index < -0.39 is 11.7 Å². The number of aromatic nitrogens is 1. The van der Waals surface area contributed by atoms with Gasteiger partial charge in [-0.05, 0) is 42.5 Å². The van der Waals surface area contributed by atoms with E-state index in [-0.39, 0.29) is 17.4 Å². The number of nitrogens with zero attached hydrogens (tertiary/aromatic N) is 1. The van der Waals surface area contributed by atoms with Crippen LogP contribution in [0.4, 0.5) is 30.4 Å². The third-order valence-electron chi connectivity index (χ3n) is 3.60. The minimum Gasteiger partial charge on any atom is -0.340 e. The van der Waals surface area contributed by atoms with Gasteiger partial charge in [0, 0.05) is 10.6 Å². The van der Waals surface area contributed by atoms with Gasteiger partial charge in [-0.3, -0.25) is 4.79 Å². The lowest BCUT2D eigenvalue weighted by Gasteiger charge is -2.14. The molecule has 1 amide bonds. The molecule has 2 aromatic carbocycles. The van der Waals surface area contributed by atoms with Crippen molar-refractivity contribution in [2.24, 2.45) is 0 Å². The van der Waals surface area contributed by atoms with E-state index in [9.17, 15) is 18.0 Å². The maximum absolute atomic E-state index is 13.0. The van der Waals surface area contributed by atoms with Crippen molar-refractivity contribution in [3.63, 3.8) is 0 Å². The normalized spacial score (nSPS) is 11.1. The van der Waals surface area contributed by atoms with Crippen LogP contribution in [0.15, 0.2) is 66.9 Å². The molecule has 0 fully saturated rings. The van der Waals surface area contributed by atoms with Crippen LogP contribution in [0, 0.1) is 0 Å². The van der Waals surface area contributed by atoms with Crippen molar-refractivity contribution in [3.05, 3.63) is 83.0 Å². The summed E-state index contributed by atoms with van der Waals surface area (Å²) in [5.41, 5.74) is -0.114. The molecule has 0 aliphatic rings. The number of carbonyl (C=O) groups is 1. The van der Waals surface area contributed by atoms with E-state index in [4.69, 9.17) is 11.6 Å². The molecule has 0 saturated heterocycles. The molecular weight excluding hydrogens is 379 g/mol. The first-order valence-corrected chi connectivity index (χ1v) is 8.17. The van der Waals surface area contributed by atoms with E-state index in [2.05, 4.69) is 15.6 Å². The van der Waals surface area contributed by atoms with Crippen molar-refractivity contribution >= 4 is 34.7 Å². The molecule has 0 spiro atoms.